The number of thiazole rings is 1. The number of nitrogens with zero attached hydrogens (tertiary/aromatic N) is 1. The minimum Gasteiger partial charge on any atom is -0.245 e. The molecule has 0 spiro atoms. The van der Waals surface area contributed by atoms with Gasteiger partial charge in [-0.1, -0.05) is 6.07 Å². The van der Waals surface area contributed by atoms with E-state index in [2.05, 4.69) is 22.5 Å². The van der Waals surface area contributed by atoms with E-state index in [1.807, 2.05) is 5.38 Å². The second kappa shape index (κ2) is 4.22. The van der Waals surface area contributed by atoms with Gasteiger partial charge in [0.1, 0.15) is 0 Å². The van der Waals surface area contributed by atoms with E-state index in [1.165, 1.54) is 4.88 Å². The minimum atomic E-state index is 0.515. The van der Waals surface area contributed by atoms with E-state index in [0.717, 1.165) is 17.1 Å². The molecule has 0 N–H and O–H groups in total. The summed E-state index contributed by atoms with van der Waals surface area (Å²) >= 11 is 9.12. The van der Waals surface area contributed by atoms with Crippen molar-refractivity contribution >= 4 is 34.3 Å². The van der Waals surface area contributed by atoms with Crippen LogP contribution < -0.4 is 0 Å². The van der Waals surface area contributed by atoms with Gasteiger partial charge in [-0.2, -0.15) is 0 Å². The SMILES string of the molecule is ClCc1csc(Cc2cccs2)n1. The van der Waals surface area contributed by atoms with Gasteiger partial charge >= 0.3 is 0 Å². The maximum atomic E-state index is 5.67. The zero-order valence-corrected chi connectivity index (χ0v) is 9.25. The Kier molecular flexibility index (Phi) is 2.98. The van der Waals surface area contributed by atoms with Crippen LogP contribution in [0.25, 0.3) is 0 Å². The van der Waals surface area contributed by atoms with E-state index in [0.29, 0.717) is 5.88 Å². The first-order valence-electron chi connectivity index (χ1n) is 3.90. The molecule has 0 radical (unpaired) electrons. The fourth-order valence-corrected chi connectivity index (χ4v) is 2.90. The van der Waals surface area contributed by atoms with Crippen molar-refractivity contribution in [1.29, 1.82) is 0 Å². The molecule has 4 heteroatoms. The van der Waals surface area contributed by atoms with Crippen LogP contribution in [0.15, 0.2) is 22.9 Å². The summed E-state index contributed by atoms with van der Waals surface area (Å²) in [7, 11) is 0. The molecule has 0 aliphatic carbocycles. The monoisotopic (exact) mass is 229 g/mol. The van der Waals surface area contributed by atoms with Crippen molar-refractivity contribution in [2.45, 2.75) is 12.3 Å². The second-order valence-electron chi connectivity index (χ2n) is 2.62. The molecule has 0 saturated heterocycles. The molecule has 2 aromatic heterocycles. The number of hydrogen-bond acceptors (Lipinski definition) is 3. The number of thiophene rings is 1. The summed E-state index contributed by atoms with van der Waals surface area (Å²) in [5, 5.41) is 5.26. The lowest BCUT2D eigenvalue weighted by atomic mass is 10.3. The van der Waals surface area contributed by atoms with Gasteiger partial charge in [0.15, 0.2) is 0 Å². The lowest BCUT2D eigenvalue weighted by Gasteiger charge is -1.90. The van der Waals surface area contributed by atoms with Crippen molar-refractivity contribution in [2.75, 3.05) is 0 Å². The molecule has 0 atom stereocenters. The van der Waals surface area contributed by atoms with Crippen molar-refractivity contribution in [1.82, 2.24) is 4.98 Å². The van der Waals surface area contributed by atoms with Crippen LogP contribution in [0, 0.1) is 0 Å². The van der Waals surface area contributed by atoms with Crippen LogP contribution in [0.4, 0.5) is 0 Å². The Morgan fingerprint density at radius 1 is 1.38 bits per heavy atom. The molecule has 0 saturated carbocycles. The third-order valence-electron chi connectivity index (χ3n) is 1.64. The van der Waals surface area contributed by atoms with Crippen molar-refractivity contribution < 1.29 is 0 Å². The summed E-state index contributed by atoms with van der Waals surface area (Å²) in [6, 6.07) is 4.20. The molecule has 0 aliphatic heterocycles. The molecule has 0 bridgehead atoms. The summed E-state index contributed by atoms with van der Waals surface area (Å²) in [5.74, 6) is 0.515. The average Bonchev–Trinajstić information content (AvgIpc) is 2.76. The first-order valence-corrected chi connectivity index (χ1v) is 6.19. The van der Waals surface area contributed by atoms with Gasteiger partial charge in [0.25, 0.3) is 0 Å². The summed E-state index contributed by atoms with van der Waals surface area (Å²) in [6.45, 7) is 0. The van der Waals surface area contributed by atoms with Crippen molar-refractivity contribution in [3.05, 3.63) is 38.5 Å². The Balaban J connectivity index is 2.10. The highest BCUT2D eigenvalue weighted by molar-refractivity contribution is 7.11. The number of halogens is 1. The predicted octanol–water partition coefficient (Wildman–Crippen LogP) is 3.53. The van der Waals surface area contributed by atoms with E-state index in [-0.39, 0.29) is 0 Å². The zero-order valence-electron chi connectivity index (χ0n) is 6.87. The van der Waals surface area contributed by atoms with E-state index in [4.69, 9.17) is 11.6 Å². The van der Waals surface area contributed by atoms with Gasteiger partial charge in [-0.3, -0.25) is 0 Å². The van der Waals surface area contributed by atoms with Crippen LogP contribution in [-0.2, 0) is 12.3 Å². The first-order chi connectivity index (χ1) is 6.38. The lowest BCUT2D eigenvalue weighted by molar-refractivity contribution is 1.11. The molecule has 68 valence electrons. The van der Waals surface area contributed by atoms with Gasteiger partial charge in [-0.15, -0.1) is 34.3 Å². The van der Waals surface area contributed by atoms with Crippen LogP contribution in [0.5, 0.6) is 0 Å². The first kappa shape index (κ1) is 9.19. The van der Waals surface area contributed by atoms with Gasteiger partial charge in [0, 0.05) is 16.7 Å². The Morgan fingerprint density at radius 3 is 2.92 bits per heavy atom. The quantitative estimate of drug-likeness (QED) is 0.734. The van der Waals surface area contributed by atoms with E-state index in [9.17, 15) is 0 Å². The molecule has 0 fully saturated rings. The molecule has 0 unspecified atom stereocenters. The molecular formula is C9H8ClNS2. The average molecular weight is 230 g/mol. The normalized spacial score (nSPS) is 10.5. The summed E-state index contributed by atoms with van der Waals surface area (Å²) < 4.78 is 0. The van der Waals surface area contributed by atoms with Gasteiger partial charge in [0.2, 0.25) is 0 Å². The van der Waals surface area contributed by atoms with E-state index in [1.54, 1.807) is 22.7 Å². The Bertz CT molecular complexity index is 367. The third kappa shape index (κ3) is 2.30. The van der Waals surface area contributed by atoms with Crippen LogP contribution in [0.1, 0.15) is 15.6 Å². The maximum Gasteiger partial charge on any atom is 0.0980 e. The summed E-state index contributed by atoms with van der Waals surface area (Å²) in [5.41, 5.74) is 0.984. The molecular weight excluding hydrogens is 222 g/mol. The summed E-state index contributed by atoms with van der Waals surface area (Å²) in [4.78, 5) is 5.75. The van der Waals surface area contributed by atoms with Crippen molar-refractivity contribution in [3.8, 4) is 0 Å². The van der Waals surface area contributed by atoms with Crippen LogP contribution in [0.3, 0.4) is 0 Å². The van der Waals surface area contributed by atoms with E-state index >= 15 is 0 Å². The number of hydrogen-bond donors (Lipinski definition) is 0. The molecule has 0 amide bonds. The second-order valence-corrected chi connectivity index (χ2v) is 4.86. The van der Waals surface area contributed by atoms with Crippen LogP contribution in [0.2, 0.25) is 0 Å². The standard InChI is InChI=1S/C9H8ClNS2/c10-5-7-6-13-9(11-7)4-8-2-1-3-12-8/h1-3,6H,4-5H2. The largest absolute Gasteiger partial charge is 0.245 e. The topological polar surface area (TPSA) is 12.9 Å². The summed E-state index contributed by atoms with van der Waals surface area (Å²) in [6.07, 6.45) is 0.944. The molecule has 1 nitrogen and oxygen atoms in total. The van der Waals surface area contributed by atoms with E-state index < -0.39 is 0 Å². The molecule has 2 heterocycles. The number of rotatable bonds is 3. The van der Waals surface area contributed by atoms with Crippen LogP contribution in [-0.4, -0.2) is 4.98 Å². The fourth-order valence-electron chi connectivity index (χ4n) is 1.05. The van der Waals surface area contributed by atoms with Gasteiger partial charge in [-0.05, 0) is 11.4 Å². The highest BCUT2D eigenvalue weighted by Gasteiger charge is 2.02. The highest BCUT2D eigenvalue weighted by Crippen LogP contribution is 2.18. The van der Waals surface area contributed by atoms with Crippen LogP contribution >= 0.6 is 34.3 Å². The minimum absolute atomic E-state index is 0.515. The maximum absolute atomic E-state index is 5.67. The fraction of sp³-hybridized carbons (Fsp3) is 0.222. The van der Waals surface area contributed by atoms with Gasteiger partial charge < -0.3 is 0 Å². The Labute approximate surface area is 90.0 Å². The van der Waals surface area contributed by atoms with Gasteiger partial charge in [-0.25, -0.2) is 4.98 Å². The lowest BCUT2D eigenvalue weighted by Crippen LogP contribution is -1.84. The highest BCUT2D eigenvalue weighted by atomic mass is 35.5. The van der Waals surface area contributed by atoms with Crippen molar-refractivity contribution in [3.63, 3.8) is 0 Å². The van der Waals surface area contributed by atoms with Crippen molar-refractivity contribution in [2.24, 2.45) is 0 Å². The molecule has 2 rings (SSSR count). The smallest absolute Gasteiger partial charge is 0.0980 e. The third-order valence-corrected chi connectivity index (χ3v) is 3.69. The zero-order chi connectivity index (χ0) is 9.10. The Morgan fingerprint density at radius 2 is 2.31 bits per heavy atom. The molecule has 0 aromatic carbocycles. The van der Waals surface area contributed by atoms with Gasteiger partial charge in [0.05, 0.1) is 16.6 Å². The molecule has 0 aliphatic rings. The molecule has 2 aromatic rings. The number of alkyl halides is 1. The predicted molar refractivity (Wildman–Crippen MR) is 58.8 cm³/mol. The number of aromatic nitrogens is 1. The Hall–Kier alpha value is -0.380. The molecule has 13 heavy (non-hydrogen) atoms.